The van der Waals surface area contributed by atoms with Crippen LogP contribution in [0, 0.1) is 0 Å². The highest BCUT2D eigenvalue weighted by molar-refractivity contribution is 7.78. The van der Waals surface area contributed by atoms with Crippen LogP contribution in [-0.4, -0.2) is 8.76 Å². The van der Waals surface area contributed by atoms with Crippen LogP contribution in [0.4, 0.5) is 26.3 Å². The number of alkyl halides is 6. The molecular formula is C9H5F6O2S-. The summed E-state index contributed by atoms with van der Waals surface area (Å²) in [6, 6.07) is 0.702. The summed E-state index contributed by atoms with van der Waals surface area (Å²) in [5, 5.41) is 0. The Morgan fingerprint density at radius 2 is 1.33 bits per heavy atom. The first-order chi connectivity index (χ1) is 8.00. The summed E-state index contributed by atoms with van der Waals surface area (Å²) in [4.78, 5) is 0. The summed E-state index contributed by atoms with van der Waals surface area (Å²) < 4.78 is 94.8. The summed E-state index contributed by atoms with van der Waals surface area (Å²) in [7, 11) is 0. The third kappa shape index (κ3) is 3.98. The van der Waals surface area contributed by atoms with Crippen molar-refractivity contribution in [3.8, 4) is 0 Å². The Morgan fingerprint density at radius 3 is 1.61 bits per heavy atom. The molecule has 0 aliphatic rings. The van der Waals surface area contributed by atoms with Crippen molar-refractivity contribution >= 4 is 11.1 Å². The molecule has 1 unspecified atom stereocenters. The maximum atomic E-state index is 12.4. The average molecular weight is 291 g/mol. The fourth-order valence-electron chi connectivity index (χ4n) is 1.24. The molecule has 1 atom stereocenters. The second kappa shape index (κ2) is 4.88. The number of hydrogen-bond acceptors (Lipinski definition) is 2. The third-order valence-corrected chi connectivity index (χ3v) is 2.50. The van der Waals surface area contributed by atoms with Gasteiger partial charge < -0.3 is 4.55 Å². The lowest BCUT2D eigenvalue weighted by atomic mass is 10.1. The molecule has 0 saturated heterocycles. The molecule has 0 heterocycles. The predicted molar refractivity (Wildman–Crippen MR) is 49.1 cm³/mol. The van der Waals surface area contributed by atoms with Gasteiger partial charge >= 0.3 is 12.4 Å². The summed E-state index contributed by atoms with van der Waals surface area (Å²) in [5.74, 6) is -0.910. The number of benzene rings is 1. The zero-order valence-corrected chi connectivity index (χ0v) is 9.25. The highest BCUT2D eigenvalue weighted by Crippen LogP contribution is 2.36. The van der Waals surface area contributed by atoms with E-state index in [9.17, 15) is 35.1 Å². The quantitative estimate of drug-likeness (QED) is 0.620. The van der Waals surface area contributed by atoms with Crippen LogP contribution >= 0.6 is 0 Å². The minimum atomic E-state index is -4.97. The highest BCUT2D eigenvalue weighted by Gasteiger charge is 2.36. The van der Waals surface area contributed by atoms with Crippen molar-refractivity contribution in [2.75, 3.05) is 0 Å². The van der Waals surface area contributed by atoms with Crippen LogP contribution in [0.15, 0.2) is 18.2 Å². The fourth-order valence-corrected chi connectivity index (χ4v) is 1.68. The first kappa shape index (κ1) is 15.0. The van der Waals surface area contributed by atoms with Gasteiger partial charge in [-0.05, 0) is 23.8 Å². The van der Waals surface area contributed by atoms with Gasteiger partial charge in [-0.25, -0.2) is 0 Å². The first-order valence-corrected chi connectivity index (χ1v) is 5.59. The second-order valence-electron chi connectivity index (χ2n) is 3.36. The molecule has 18 heavy (non-hydrogen) atoms. The van der Waals surface area contributed by atoms with Gasteiger partial charge in [0.1, 0.15) is 0 Å². The molecule has 0 aliphatic carbocycles. The van der Waals surface area contributed by atoms with E-state index in [4.69, 9.17) is 0 Å². The largest absolute Gasteiger partial charge is 0.772 e. The van der Waals surface area contributed by atoms with Gasteiger partial charge in [0, 0.05) is 5.75 Å². The predicted octanol–water partition coefficient (Wildman–Crippen LogP) is 3.10. The molecule has 2 nitrogen and oxygen atoms in total. The molecule has 1 rings (SSSR count). The van der Waals surface area contributed by atoms with Gasteiger partial charge in [-0.2, -0.15) is 26.3 Å². The van der Waals surface area contributed by atoms with Crippen LogP contribution in [0.3, 0.4) is 0 Å². The second-order valence-corrected chi connectivity index (χ2v) is 4.26. The molecule has 0 bridgehead atoms. The lowest BCUT2D eigenvalue weighted by Gasteiger charge is -2.14. The van der Waals surface area contributed by atoms with Crippen LogP contribution in [0.5, 0.6) is 0 Å². The maximum Gasteiger partial charge on any atom is 0.416 e. The zero-order chi connectivity index (χ0) is 14.1. The summed E-state index contributed by atoms with van der Waals surface area (Å²) in [5.41, 5.74) is -3.62. The van der Waals surface area contributed by atoms with Gasteiger partial charge in [-0.3, -0.25) is 4.21 Å². The Labute approximate surface area is 99.9 Å². The van der Waals surface area contributed by atoms with E-state index in [0.717, 1.165) is 0 Å². The third-order valence-electron chi connectivity index (χ3n) is 1.93. The number of rotatable bonds is 2. The van der Waals surface area contributed by atoms with Crippen molar-refractivity contribution in [2.24, 2.45) is 0 Å². The van der Waals surface area contributed by atoms with Crippen LogP contribution in [0.25, 0.3) is 0 Å². The van der Waals surface area contributed by atoms with E-state index >= 15 is 0 Å². The van der Waals surface area contributed by atoms with Crippen molar-refractivity contribution in [2.45, 2.75) is 18.1 Å². The lowest BCUT2D eigenvalue weighted by molar-refractivity contribution is -0.143. The van der Waals surface area contributed by atoms with Crippen molar-refractivity contribution in [3.05, 3.63) is 34.9 Å². The Balaban J connectivity index is 3.34. The standard InChI is InChI=1S/C9H6F6O2S/c10-8(11,12)6-1-5(4-18(16)17)2-7(3-6)9(13,14)15/h1-3H,4H2,(H,16,17)/p-1. The molecule has 0 amide bonds. The zero-order valence-electron chi connectivity index (χ0n) is 8.43. The molecule has 1 aromatic rings. The molecule has 0 radical (unpaired) electrons. The topological polar surface area (TPSA) is 40.1 Å². The van der Waals surface area contributed by atoms with Gasteiger partial charge in [0.15, 0.2) is 0 Å². The monoisotopic (exact) mass is 291 g/mol. The molecular weight excluding hydrogens is 286 g/mol. The Hall–Kier alpha value is -1.09. The van der Waals surface area contributed by atoms with Crippen molar-refractivity contribution < 1.29 is 35.1 Å². The molecule has 102 valence electrons. The van der Waals surface area contributed by atoms with E-state index in [1.54, 1.807) is 0 Å². The average Bonchev–Trinajstić information content (AvgIpc) is 2.13. The minimum Gasteiger partial charge on any atom is -0.772 e. The van der Waals surface area contributed by atoms with E-state index in [0.29, 0.717) is 12.1 Å². The summed E-state index contributed by atoms with van der Waals surface area (Å²) >= 11 is -2.77. The normalized spacial score (nSPS) is 14.6. The van der Waals surface area contributed by atoms with E-state index in [1.807, 2.05) is 0 Å². The van der Waals surface area contributed by atoms with E-state index in [-0.39, 0.29) is 6.07 Å². The van der Waals surface area contributed by atoms with Crippen LogP contribution in [0.1, 0.15) is 16.7 Å². The Bertz CT molecular complexity index is 433. The van der Waals surface area contributed by atoms with Crippen molar-refractivity contribution in [1.82, 2.24) is 0 Å². The lowest BCUT2D eigenvalue weighted by Crippen LogP contribution is -2.12. The molecule has 0 saturated carbocycles. The number of halogens is 6. The molecule has 0 aromatic heterocycles. The Morgan fingerprint density at radius 1 is 0.944 bits per heavy atom. The maximum absolute atomic E-state index is 12.4. The molecule has 0 spiro atoms. The van der Waals surface area contributed by atoms with Gasteiger partial charge in [-0.1, -0.05) is 11.1 Å². The molecule has 0 fully saturated rings. The SMILES string of the molecule is O=S([O-])Cc1cc(C(F)(F)F)cc(C(F)(F)F)c1. The minimum absolute atomic E-state index is 0.0583. The fraction of sp³-hybridized carbons (Fsp3) is 0.333. The van der Waals surface area contributed by atoms with Gasteiger partial charge in [0.25, 0.3) is 0 Å². The van der Waals surface area contributed by atoms with Crippen molar-refractivity contribution in [3.63, 3.8) is 0 Å². The van der Waals surface area contributed by atoms with Crippen molar-refractivity contribution in [1.29, 1.82) is 0 Å². The van der Waals surface area contributed by atoms with Gasteiger partial charge in [0.2, 0.25) is 0 Å². The first-order valence-electron chi connectivity index (χ1n) is 4.34. The Kier molecular flexibility index (Phi) is 4.06. The number of hydrogen-bond donors (Lipinski definition) is 0. The highest BCUT2D eigenvalue weighted by atomic mass is 32.2. The summed E-state index contributed by atoms with van der Waals surface area (Å²) in [6.07, 6.45) is -9.94. The molecule has 9 heteroatoms. The van der Waals surface area contributed by atoms with Gasteiger partial charge in [0.05, 0.1) is 11.1 Å². The van der Waals surface area contributed by atoms with Crippen LogP contribution in [-0.2, 0) is 29.2 Å². The molecule has 0 N–H and O–H groups in total. The van der Waals surface area contributed by atoms with Crippen LogP contribution < -0.4 is 0 Å². The van der Waals surface area contributed by atoms with Crippen LogP contribution in [0.2, 0.25) is 0 Å². The molecule has 1 aromatic carbocycles. The van der Waals surface area contributed by atoms with Gasteiger partial charge in [-0.15, -0.1) is 0 Å². The van der Waals surface area contributed by atoms with E-state index in [1.165, 1.54) is 0 Å². The molecule has 0 aliphatic heterocycles. The van der Waals surface area contributed by atoms with E-state index < -0.39 is 45.9 Å². The van der Waals surface area contributed by atoms with E-state index in [2.05, 4.69) is 0 Å². The summed E-state index contributed by atoms with van der Waals surface area (Å²) in [6.45, 7) is 0. The smallest absolute Gasteiger partial charge is 0.416 e.